The molecule has 2 amide bonds. The molecule has 0 aliphatic rings. The van der Waals surface area contributed by atoms with E-state index in [0.29, 0.717) is 6.42 Å². The number of aliphatic carboxylic acids is 1. The van der Waals surface area contributed by atoms with E-state index in [2.05, 4.69) is 10.6 Å². The second-order valence-corrected chi connectivity index (χ2v) is 7.62. The zero-order chi connectivity index (χ0) is 22.1. The summed E-state index contributed by atoms with van der Waals surface area (Å²) in [4.78, 5) is 37.0. The average Bonchev–Trinajstić information content (AvgIpc) is 2.72. The second-order valence-electron chi connectivity index (χ2n) is 7.62. The number of nitrogens with two attached hydrogens (primary N) is 1. The molecular formula is C23H29N3O4. The van der Waals surface area contributed by atoms with Crippen LogP contribution in [-0.2, 0) is 27.2 Å². The van der Waals surface area contributed by atoms with E-state index in [1.165, 1.54) is 0 Å². The van der Waals surface area contributed by atoms with E-state index in [1.54, 1.807) is 13.8 Å². The lowest BCUT2D eigenvalue weighted by Crippen LogP contribution is -2.56. The Labute approximate surface area is 176 Å². The Bertz CT molecular complexity index is 840. The number of nitrogens with one attached hydrogen (secondary N) is 2. The fraction of sp³-hybridized carbons (Fsp3) is 0.348. The van der Waals surface area contributed by atoms with Crippen molar-refractivity contribution in [1.29, 1.82) is 0 Å². The molecule has 5 N–H and O–H groups in total. The minimum Gasteiger partial charge on any atom is -0.480 e. The van der Waals surface area contributed by atoms with Gasteiger partial charge in [-0.15, -0.1) is 0 Å². The Morgan fingerprint density at radius 2 is 1.33 bits per heavy atom. The highest BCUT2D eigenvalue weighted by Gasteiger charge is 2.29. The summed E-state index contributed by atoms with van der Waals surface area (Å²) >= 11 is 0. The molecule has 0 fully saturated rings. The van der Waals surface area contributed by atoms with E-state index >= 15 is 0 Å². The standard InChI is InChI=1S/C23H29N3O4/c1-15(2)20(23(29)30)26-22(28)19(14-17-11-7-4-8-12-17)25-21(27)18(24)13-16-9-5-3-6-10-16/h3-12,15,18-20H,13-14,24H2,1-2H3,(H,25,27)(H,26,28)(H,29,30). The molecule has 0 aromatic heterocycles. The lowest BCUT2D eigenvalue weighted by Gasteiger charge is -2.24. The topological polar surface area (TPSA) is 122 Å². The molecule has 0 aliphatic carbocycles. The largest absolute Gasteiger partial charge is 0.480 e. The maximum atomic E-state index is 12.9. The molecular weight excluding hydrogens is 382 g/mol. The smallest absolute Gasteiger partial charge is 0.326 e. The van der Waals surface area contributed by atoms with Gasteiger partial charge in [-0.05, 0) is 23.5 Å². The van der Waals surface area contributed by atoms with Crippen LogP contribution < -0.4 is 16.4 Å². The first-order valence-corrected chi connectivity index (χ1v) is 9.95. The van der Waals surface area contributed by atoms with Crippen molar-refractivity contribution in [2.24, 2.45) is 11.7 Å². The monoisotopic (exact) mass is 411 g/mol. The van der Waals surface area contributed by atoms with E-state index in [0.717, 1.165) is 11.1 Å². The number of hydrogen-bond donors (Lipinski definition) is 4. The number of rotatable bonds is 10. The average molecular weight is 412 g/mol. The van der Waals surface area contributed by atoms with Gasteiger partial charge in [0.15, 0.2) is 0 Å². The van der Waals surface area contributed by atoms with E-state index in [1.807, 2.05) is 60.7 Å². The van der Waals surface area contributed by atoms with Crippen LogP contribution in [0.5, 0.6) is 0 Å². The van der Waals surface area contributed by atoms with Gasteiger partial charge in [0.25, 0.3) is 0 Å². The number of carbonyl (C=O) groups excluding carboxylic acids is 2. The van der Waals surface area contributed by atoms with Crippen LogP contribution in [0.1, 0.15) is 25.0 Å². The van der Waals surface area contributed by atoms with Gasteiger partial charge in [-0.1, -0.05) is 74.5 Å². The molecule has 3 atom stereocenters. The van der Waals surface area contributed by atoms with Crippen molar-refractivity contribution in [3.8, 4) is 0 Å². The summed E-state index contributed by atoms with van der Waals surface area (Å²) in [6.45, 7) is 3.42. The summed E-state index contributed by atoms with van der Waals surface area (Å²) in [5, 5.41) is 14.6. The highest BCUT2D eigenvalue weighted by molar-refractivity contribution is 5.92. The minimum atomic E-state index is -1.12. The van der Waals surface area contributed by atoms with Crippen LogP contribution in [0.15, 0.2) is 60.7 Å². The highest BCUT2D eigenvalue weighted by Crippen LogP contribution is 2.08. The van der Waals surface area contributed by atoms with Crippen LogP contribution in [0.3, 0.4) is 0 Å². The third-order valence-corrected chi connectivity index (χ3v) is 4.78. The van der Waals surface area contributed by atoms with Crippen molar-refractivity contribution in [3.63, 3.8) is 0 Å². The van der Waals surface area contributed by atoms with Crippen molar-refractivity contribution in [2.75, 3.05) is 0 Å². The molecule has 7 nitrogen and oxygen atoms in total. The summed E-state index contributed by atoms with van der Waals surface area (Å²) in [5.41, 5.74) is 7.80. The third kappa shape index (κ3) is 7.00. The van der Waals surface area contributed by atoms with Crippen LogP contribution >= 0.6 is 0 Å². The molecule has 0 spiro atoms. The molecule has 0 radical (unpaired) electrons. The third-order valence-electron chi connectivity index (χ3n) is 4.78. The fourth-order valence-electron chi connectivity index (χ4n) is 3.07. The number of hydrogen-bond acceptors (Lipinski definition) is 4. The Hall–Kier alpha value is -3.19. The van der Waals surface area contributed by atoms with E-state index in [9.17, 15) is 19.5 Å². The molecule has 2 aromatic carbocycles. The molecule has 2 rings (SSSR count). The zero-order valence-electron chi connectivity index (χ0n) is 17.2. The SMILES string of the molecule is CC(C)C(NC(=O)C(Cc1ccccc1)NC(=O)C(N)Cc1ccccc1)C(=O)O. The van der Waals surface area contributed by atoms with Crippen LogP contribution in [0.25, 0.3) is 0 Å². The van der Waals surface area contributed by atoms with Gasteiger partial charge in [-0.2, -0.15) is 0 Å². The number of benzene rings is 2. The van der Waals surface area contributed by atoms with Crippen molar-refractivity contribution >= 4 is 17.8 Å². The van der Waals surface area contributed by atoms with Gasteiger partial charge in [-0.25, -0.2) is 4.79 Å². The van der Waals surface area contributed by atoms with Gasteiger partial charge in [0.1, 0.15) is 12.1 Å². The highest BCUT2D eigenvalue weighted by atomic mass is 16.4. The van der Waals surface area contributed by atoms with Crippen LogP contribution in [0, 0.1) is 5.92 Å². The predicted octanol–water partition coefficient (Wildman–Crippen LogP) is 1.51. The van der Waals surface area contributed by atoms with Crippen molar-refractivity contribution < 1.29 is 19.5 Å². The lowest BCUT2D eigenvalue weighted by molar-refractivity contribution is -0.143. The number of carboxylic acid groups (broad SMARTS) is 1. The number of carboxylic acids is 1. The van der Waals surface area contributed by atoms with Crippen LogP contribution in [-0.4, -0.2) is 41.0 Å². The summed E-state index contributed by atoms with van der Waals surface area (Å²) in [5.74, 6) is -2.45. The van der Waals surface area contributed by atoms with Gasteiger partial charge in [0, 0.05) is 6.42 Å². The maximum Gasteiger partial charge on any atom is 0.326 e. The van der Waals surface area contributed by atoms with Gasteiger partial charge in [-0.3, -0.25) is 9.59 Å². The van der Waals surface area contributed by atoms with Crippen molar-refractivity contribution in [2.45, 2.75) is 44.8 Å². The van der Waals surface area contributed by atoms with Gasteiger partial charge >= 0.3 is 5.97 Å². The minimum absolute atomic E-state index is 0.223. The molecule has 160 valence electrons. The van der Waals surface area contributed by atoms with E-state index in [4.69, 9.17) is 5.73 Å². The summed E-state index contributed by atoms with van der Waals surface area (Å²) in [7, 11) is 0. The van der Waals surface area contributed by atoms with E-state index < -0.39 is 35.9 Å². The Kier molecular flexibility index (Phi) is 8.55. The quantitative estimate of drug-likeness (QED) is 0.472. The van der Waals surface area contributed by atoms with E-state index in [-0.39, 0.29) is 12.3 Å². The van der Waals surface area contributed by atoms with Crippen molar-refractivity contribution in [3.05, 3.63) is 71.8 Å². The molecule has 2 aromatic rings. The lowest BCUT2D eigenvalue weighted by atomic mass is 10.0. The normalized spacial score (nSPS) is 13.9. The Balaban J connectivity index is 2.13. The molecule has 30 heavy (non-hydrogen) atoms. The first-order valence-electron chi connectivity index (χ1n) is 9.95. The molecule has 7 heteroatoms. The molecule has 0 bridgehead atoms. The van der Waals surface area contributed by atoms with Gasteiger partial charge in [0.05, 0.1) is 6.04 Å². The summed E-state index contributed by atoms with van der Waals surface area (Å²) < 4.78 is 0. The van der Waals surface area contributed by atoms with Crippen LogP contribution in [0.2, 0.25) is 0 Å². The Morgan fingerprint density at radius 1 is 0.833 bits per heavy atom. The van der Waals surface area contributed by atoms with Gasteiger partial charge in [0.2, 0.25) is 11.8 Å². The fourth-order valence-corrected chi connectivity index (χ4v) is 3.07. The van der Waals surface area contributed by atoms with Crippen LogP contribution in [0.4, 0.5) is 0 Å². The molecule has 0 heterocycles. The Morgan fingerprint density at radius 3 is 1.80 bits per heavy atom. The maximum absolute atomic E-state index is 12.9. The molecule has 0 saturated carbocycles. The summed E-state index contributed by atoms with van der Waals surface area (Å²) in [6, 6.07) is 15.7. The first kappa shape index (κ1) is 23.1. The predicted molar refractivity (Wildman–Crippen MR) is 115 cm³/mol. The first-order chi connectivity index (χ1) is 14.3. The number of amides is 2. The second kappa shape index (κ2) is 11.1. The molecule has 3 unspecified atom stereocenters. The van der Waals surface area contributed by atoms with Gasteiger partial charge < -0.3 is 21.5 Å². The number of carbonyl (C=O) groups is 3. The zero-order valence-corrected chi connectivity index (χ0v) is 17.2. The molecule has 0 saturated heterocycles. The van der Waals surface area contributed by atoms with Crippen molar-refractivity contribution in [1.82, 2.24) is 10.6 Å². The molecule has 0 aliphatic heterocycles. The summed E-state index contributed by atoms with van der Waals surface area (Å²) in [6.07, 6.45) is 0.553.